The lowest BCUT2D eigenvalue weighted by atomic mass is 10.1. The van der Waals surface area contributed by atoms with Gasteiger partial charge < -0.3 is 64.4 Å². The first-order valence-electron chi connectivity index (χ1n) is 24.8. The number of anilines is 1. The molecule has 0 bridgehead atoms. The molecule has 79 heavy (non-hydrogen) atoms. The number of nitrogens with zero attached hydrogens (tertiary/aromatic N) is 3. The maximum atomic E-state index is 13.2. The number of primary amides is 4. The third-order valence-electron chi connectivity index (χ3n) is 10.7. The number of benzene rings is 3. The molecule has 4 rings (SSSR count). The predicted molar refractivity (Wildman–Crippen MR) is 307 cm³/mol. The van der Waals surface area contributed by atoms with Gasteiger partial charge >= 0.3 is 0 Å². The molecule has 0 spiro atoms. The Morgan fingerprint density at radius 3 is 1.96 bits per heavy atom. The molecule has 0 saturated carbocycles. The number of carbonyl (C=O) groups is 12. The summed E-state index contributed by atoms with van der Waals surface area (Å²) in [7, 11) is 1.59. The van der Waals surface area contributed by atoms with Crippen LogP contribution in [0.1, 0.15) is 104 Å². The second kappa shape index (κ2) is 49.6. The summed E-state index contributed by atoms with van der Waals surface area (Å²) in [4.78, 5) is 131. The van der Waals surface area contributed by atoms with Crippen molar-refractivity contribution in [2.75, 3.05) is 44.5 Å². The summed E-state index contributed by atoms with van der Waals surface area (Å²) in [5, 5.41) is 6.16. The number of nitrogens with two attached hydrogens (primary N) is 6. The number of aldehydes is 1. The van der Waals surface area contributed by atoms with Crippen molar-refractivity contribution in [1.29, 1.82) is 0 Å². The smallest absolute Gasteiger partial charge is 0.255 e. The molecular weight excluding hydrogens is 1060 g/mol. The van der Waals surface area contributed by atoms with Crippen LogP contribution in [0.3, 0.4) is 0 Å². The fourth-order valence-electron chi connectivity index (χ4n) is 6.89. The summed E-state index contributed by atoms with van der Waals surface area (Å²) in [6, 6.07) is 20.5. The number of nitrogen functional groups attached to an aromatic ring is 1. The Morgan fingerprint density at radius 2 is 1.42 bits per heavy atom. The van der Waals surface area contributed by atoms with E-state index in [1.807, 2.05) is 61.0 Å². The number of fused-ring (bicyclic) bond motifs is 1. The minimum absolute atomic E-state index is 0.0419. The van der Waals surface area contributed by atoms with Gasteiger partial charge in [0.1, 0.15) is 19.1 Å². The van der Waals surface area contributed by atoms with Gasteiger partial charge in [-0.05, 0) is 110 Å². The average molecular weight is 1140 g/mol. The number of unbranched alkanes of at least 4 members (excludes halogenated alkanes) is 3. The Hall–Kier alpha value is -7.96. The zero-order valence-corrected chi connectivity index (χ0v) is 47.0. The summed E-state index contributed by atoms with van der Waals surface area (Å²) >= 11 is 7.80. The summed E-state index contributed by atoms with van der Waals surface area (Å²) in [5.74, 6) is -0.481. The first kappa shape index (κ1) is 75.3. The van der Waals surface area contributed by atoms with Crippen molar-refractivity contribution in [3.05, 3.63) is 112 Å². The number of carbonyl (C=O) groups excluding carboxylic acids is 12. The maximum Gasteiger partial charge on any atom is 0.255 e. The van der Waals surface area contributed by atoms with E-state index in [1.54, 1.807) is 32.2 Å². The quantitative estimate of drug-likeness (QED) is 0.0179. The third kappa shape index (κ3) is 35.9. The molecule has 1 heterocycles. The van der Waals surface area contributed by atoms with Gasteiger partial charge in [-0.1, -0.05) is 72.6 Å². The molecule has 14 N–H and O–H groups in total. The van der Waals surface area contributed by atoms with Crippen molar-refractivity contribution in [2.45, 2.75) is 103 Å². The number of halogens is 1. The van der Waals surface area contributed by atoms with Crippen LogP contribution in [-0.4, -0.2) is 134 Å². The van der Waals surface area contributed by atoms with E-state index in [4.69, 9.17) is 48.0 Å². The Bertz CT molecular complexity index is 2300. The molecule has 0 saturated heterocycles. The number of allylic oxidation sites excluding steroid dienone is 1. The van der Waals surface area contributed by atoms with Gasteiger partial charge in [-0.2, -0.15) is 11.8 Å². The van der Waals surface area contributed by atoms with E-state index in [0.29, 0.717) is 57.3 Å². The summed E-state index contributed by atoms with van der Waals surface area (Å²) < 4.78 is 0. The van der Waals surface area contributed by atoms with Gasteiger partial charge in [-0.15, -0.1) is 0 Å². The van der Waals surface area contributed by atoms with Gasteiger partial charge in [0.05, 0.1) is 6.67 Å². The molecule has 10 amide bonds. The molecule has 3 aromatic carbocycles. The molecule has 3 aromatic rings. The molecule has 0 aliphatic carbocycles. The second-order valence-electron chi connectivity index (χ2n) is 16.4. The van der Waals surface area contributed by atoms with Crippen LogP contribution in [-0.2, 0) is 78.7 Å². The van der Waals surface area contributed by atoms with Crippen LogP contribution in [0.2, 0.25) is 5.02 Å². The number of hydrogen-bond donors (Lipinski definition) is 8. The number of hydrogen-bond acceptors (Lipinski definition) is 15. The van der Waals surface area contributed by atoms with E-state index in [1.165, 1.54) is 27.0 Å². The number of thioether (sulfide) groups is 1. The van der Waals surface area contributed by atoms with E-state index in [9.17, 15) is 38.4 Å². The normalized spacial score (nSPS) is 10.7. The Balaban J connectivity index is -0.00000111. The van der Waals surface area contributed by atoms with Crippen molar-refractivity contribution >= 4 is 103 Å². The van der Waals surface area contributed by atoms with Crippen molar-refractivity contribution in [1.82, 2.24) is 25.3 Å². The molecule has 1 atom stereocenters. The van der Waals surface area contributed by atoms with E-state index in [-0.39, 0.29) is 81.2 Å². The molecular formula is C54H80ClN11O12S. The fraction of sp³-hybridized carbons (Fsp3) is 0.407. The molecule has 23 nitrogen and oxygen atoms in total. The first-order chi connectivity index (χ1) is 37.9. The topological polar surface area (TPSA) is 395 Å². The fourth-order valence-corrected chi connectivity index (χ4v) is 7.60. The second-order valence-corrected chi connectivity index (χ2v) is 17.8. The van der Waals surface area contributed by atoms with Crippen LogP contribution >= 0.6 is 23.4 Å². The van der Waals surface area contributed by atoms with Crippen molar-refractivity contribution in [3.8, 4) is 0 Å². The number of likely N-dealkylation sites (N-methyl/N-ethyl adjacent to an activating group) is 1. The number of aryl methyl sites for hydroxylation is 2. The standard InChI is InChI=1S/C27H34N4O4.C14H23N3O4.C9H12ClNS.3CH3NO.CH2O/c1-30(19-29-25(33)12-6-5-10-20-8-3-2-4-9-20)27(35)24(11-7-15-32)31-18-22-16-21(17-28)13-14-23(22)26(31)34;1-2-6-14(21)17(11-18)10-5-3-4-7-13(20)16-9-8-12(15)19;1-12-5-4-7-2-3-8(11)6-9(7)10;3*2-1-3;1-2/h2-4,8-9,13-16,24H,5-7,10-12,17-19,28H2,1H3,(H,29,33);2,6,11H,3-5,7-10H2,1H3,(H2,15,19)(H,16,20);2-3,6H,4-5,11H2,1H3;3*1H,(H2,2,3);1H2/b;6-2-;;;;;. The number of amides is 10. The van der Waals surface area contributed by atoms with Crippen LogP contribution in [0.25, 0.3) is 0 Å². The molecule has 0 radical (unpaired) electrons. The highest BCUT2D eigenvalue weighted by atomic mass is 35.5. The lowest BCUT2D eigenvalue weighted by molar-refractivity contribution is -0.137. The molecule has 0 aromatic heterocycles. The summed E-state index contributed by atoms with van der Waals surface area (Å²) in [5.41, 5.74) is 34.2. The zero-order valence-electron chi connectivity index (χ0n) is 45.4. The largest absolute Gasteiger partial charge is 0.399 e. The summed E-state index contributed by atoms with van der Waals surface area (Å²) in [6.07, 6.45) is 13.9. The highest BCUT2D eigenvalue weighted by molar-refractivity contribution is 7.98. The summed E-state index contributed by atoms with van der Waals surface area (Å²) in [6.45, 7) is 5.00. The minimum atomic E-state index is -0.783. The van der Waals surface area contributed by atoms with E-state index in [0.717, 1.165) is 70.9 Å². The van der Waals surface area contributed by atoms with Gasteiger partial charge in [0.2, 0.25) is 49.3 Å². The van der Waals surface area contributed by atoms with Crippen LogP contribution in [0.5, 0.6) is 0 Å². The Kier molecular flexibility index (Phi) is 47.3. The van der Waals surface area contributed by atoms with E-state index >= 15 is 0 Å². The highest BCUT2D eigenvalue weighted by Crippen LogP contribution is 2.28. The highest BCUT2D eigenvalue weighted by Gasteiger charge is 2.37. The van der Waals surface area contributed by atoms with E-state index in [2.05, 4.69) is 46.2 Å². The third-order valence-corrected chi connectivity index (χ3v) is 11.6. The van der Waals surface area contributed by atoms with Gasteiger partial charge in [0.25, 0.3) is 11.8 Å². The molecule has 436 valence electrons. The lowest BCUT2D eigenvalue weighted by Gasteiger charge is -2.30. The number of rotatable bonds is 27. The molecule has 1 aliphatic heterocycles. The average Bonchev–Trinajstić information content (AvgIpc) is 3.77. The SMILES string of the molecule is C/C=C\C(=O)N(C=O)CCCCCC(=O)NCCC(N)=O.C=O.CN(CNC(=O)CCCCc1ccccc1)C(=O)C(CCC=O)N1Cc2cc(CN)ccc2C1=O.CSCCc1ccc(N)cc1Cl.NC=O.NC=O.NC=O. The molecule has 25 heteroatoms. The lowest BCUT2D eigenvalue weighted by Crippen LogP contribution is -2.50. The van der Waals surface area contributed by atoms with Crippen molar-refractivity contribution in [3.63, 3.8) is 0 Å². The molecule has 1 unspecified atom stereocenters. The van der Waals surface area contributed by atoms with Gasteiger partial charge in [-0.25, -0.2) is 0 Å². The first-order valence-corrected chi connectivity index (χ1v) is 26.5. The van der Waals surface area contributed by atoms with Crippen LogP contribution in [0.4, 0.5) is 5.69 Å². The minimum Gasteiger partial charge on any atom is -0.399 e. The predicted octanol–water partition coefficient (Wildman–Crippen LogP) is 2.44. The van der Waals surface area contributed by atoms with Crippen LogP contribution in [0, 0.1) is 0 Å². The Morgan fingerprint density at radius 1 is 0.810 bits per heavy atom. The van der Waals surface area contributed by atoms with Crippen LogP contribution in [0.15, 0.2) is 78.9 Å². The van der Waals surface area contributed by atoms with Crippen molar-refractivity contribution in [2.24, 2.45) is 28.7 Å². The number of imide groups is 1. The maximum absolute atomic E-state index is 13.2. The molecule has 1 aliphatic rings. The van der Waals surface area contributed by atoms with Gasteiger partial charge in [0, 0.05) is 75.2 Å². The van der Waals surface area contributed by atoms with E-state index < -0.39 is 11.9 Å². The molecule has 0 fully saturated rings. The monoisotopic (exact) mass is 1140 g/mol. The van der Waals surface area contributed by atoms with Gasteiger partial charge in [-0.3, -0.25) is 52.8 Å². The van der Waals surface area contributed by atoms with Gasteiger partial charge in [0.15, 0.2) is 0 Å². The number of nitrogens with one attached hydrogen (secondary N) is 2. The Labute approximate surface area is 472 Å². The van der Waals surface area contributed by atoms with Crippen molar-refractivity contribution < 1.29 is 57.5 Å². The van der Waals surface area contributed by atoms with Crippen LogP contribution < -0.4 is 45.0 Å². The zero-order chi connectivity index (χ0) is 60.4.